The number of rotatable bonds is 8. The lowest BCUT2D eigenvalue weighted by Crippen LogP contribution is -2.48. The van der Waals surface area contributed by atoms with Gasteiger partial charge in [-0.25, -0.2) is 14.6 Å². The van der Waals surface area contributed by atoms with Crippen LogP contribution in [-0.2, 0) is 16.5 Å². The standard InChI is InChI=1S/C23H30N6O4/c1-4-5-10-33-23(31)27-18-9-7-6-8-17(18)26-19-11-15(12-24)20(22(30)32-3)21(28-19)16-13-25-29(2)14-16/h11,13-14,17-18H,4-10H2,1-3H3,(H,26,28)(H,27,31)/t17-,18+/m1/s1. The molecular formula is C23H30N6O4. The predicted molar refractivity (Wildman–Crippen MR) is 122 cm³/mol. The molecule has 1 fully saturated rings. The number of nitriles is 1. The fourth-order valence-electron chi connectivity index (χ4n) is 3.94. The molecule has 2 N–H and O–H groups in total. The maximum atomic E-state index is 12.5. The summed E-state index contributed by atoms with van der Waals surface area (Å²) in [4.78, 5) is 29.3. The van der Waals surface area contributed by atoms with Gasteiger partial charge in [-0.1, -0.05) is 26.2 Å². The molecule has 1 aliphatic carbocycles. The Balaban J connectivity index is 1.88. The number of hydrogen-bond donors (Lipinski definition) is 2. The minimum atomic E-state index is -0.642. The van der Waals surface area contributed by atoms with Crippen molar-refractivity contribution in [1.29, 1.82) is 5.26 Å². The van der Waals surface area contributed by atoms with Gasteiger partial charge in [0.05, 0.1) is 37.2 Å². The van der Waals surface area contributed by atoms with E-state index in [0.717, 1.165) is 38.5 Å². The second kappa shape index (κ2) is 11.3. The summed E-state index contributed by atoms with van der Waals surface area (Å²) in [7, 11) is 3.02. The summed E-state index contributed by atoms with van der Waals surface area (Å²) in [6.07, 6.45) is 8.28. The first-order chi connectivity index (χ1) is 16.0. The van der Waals surface area contributed by atoms with Crippen LogP contribution in [0.3, 0.4) is 0 Å². The lowest BCUT2D eigenvalue weighted by molar-refractivity contribution is 0.0601. The zero-order valence-electron chi connectivity index (χ0n) is 19.3. The van der Waals surface area contributed by atoms with Crippen molar-refractivity contribution in [2.75, 3.05) is 19.0 Å². The number of methoxy groups -OCH3 is 1. The van der Waals surface area contributed by atoms with E-state index in [1.807, 2.05) is 6.92 Å². The van der Waals surface area contributed by atoms with Crippen LogP contribution in [0.4, 0.5) is 10.6 Å². The van der Waals surface area contributed by atoms with Crippen LogP contribution in [0.25, 0.3) is 11.3 Å². The van der Waals surface area contributed by atoms with Crippen molar-refractivity contribution in [3.8, 4) is 17.3 Å². The average molecular weight is 455 g/mol. The molecule has 2 aromatic heterocycles. The van der Waals surface area contributed by atoms with Crippen molar-refractivity contribution in [3.05, 3.63) is 29.6 Å². The lowest BCUT2D eigenvalue weighted by Gasteiger charge is -2.33. The molecule has 0 radical (unpaired) electrons. The number of carbonyl (C=O) groups is 2. The summed E-state index contributed by atoms with van der Waals surface area (Å²) in [5.41, 5.74) is 1.15. The normalized spacial score (nSPS) is 17.6. The summed E-state index contributed by atoms with van der Waals surface area (Å²) in [5, 5.41) is 20.2. The lowest BCUT2D eigenvalue weighted by atomic mass is 9.90. The van der Waals surface area contributed by atoms with E-state index < -0.39 is 12.1 Å². The van der Waals surface area contributed by atoms with Gasteiger partial charge in [0.1, 0.15) is 17.5 Å². The van der Waals surface area contributed by atoms with Crippen LogP contribution >= 0.6 is 0 Å². The topological polar surface area (TPSA) is 131 Å². The van der Waals surface area contributed by atoms with Crippen LogP contribution in [-0.4, -0.2) is 52.6 Å². The Hall–Kier alpha value is -3.61. The molecule has 2 atom stereocenters. The quantitative estimate of drug-likeness (QED) is 0.458. The zero-order valence-corrected chi connectivity index (χ0v) is 19.3. The van der Waals surface area contributed by atoms with E-state index in [1.165, 1.54) is 13.2 Å². The summed E-state index contributed by atoms with van der Waals surface area (Å²) in [6.45, 7) is 2.43. The summed E-state index contributed by atoms with van der Waals surface area (Å²) in [6, 6.07) is 3.39. The minimum absolute atomic E-state index is 0.0939. The van der Waals surface area contributed by atoms with Gasteiger partial charge in [0.2, 0.25) is 0 Å². The van der Waals surface area contributed by atoms with Crippen LogP contribution in [0.2, 0.25) is 0 Å². The number of alkyl carbamates (subject to hydrolysis) is 1. The maximum Gasteiger partial charge on any atom is 0.407 e. The predicted octanol–water partition coefficient (Wildman–Crippen LogP) is 3.39. The molecule has 10 nitrogen and oxygen atoms in total. The minimum Gasteiger partial charge on any atom is -0.465 e. The Morgan fingerprint density at radius 2 is 2.06 bits per heavy atom. The number of aryl methyl sites for hydroxylation is 1. The Morgan fingerprint density at radius 1 is 1.30 bits per heavy atom. The molecule has 0 bridgehead atoms. The van der Waals surface area contributed by atoms with Crippen molar-refractivity contribution < 1.29 is 19.1 Å². The van der Waals surface area contributed by atoms with Crippen LogP contribution < -0.4 is 10.6 Å². The number of anilines is 1. The molecule has 0 unspecified atom stereocenters. The zero-order chi connectivity index (χ0) is 23.8. The van der Waals surface area contributed by atoms with E-state index in [2.05, 4.69) is 26.8 Å². The fourth-order valence-corrected chi connectivity index (χ4v) is 3.94. The summed E-state index contributed by atoms with van der Waals surface area (Å²) in [5.74, 6) is -0.201. The molecule has 176 valence electrons. The van der Waals surface area contributed by atoms with Gasteiger partial charge in [-0.15, -0.1) is 0 Å². The number of esters is 1. The van der Waals surface area contributed by atoms with E-state index in [1.54, 1.807) is 24.1 Å². The third-order valence-corrected chi connectivity index (χ3v) is 5.64. The highest BCUT2D eigenvalue weighted by Gasteiger charge is 2.29. The number of carbonyl (C=O) groups excluding carboxylic acids is 2. The van der Waals surface area contributed by atoms with Crippen molar-refractivity contribution in [2.24, 2.45) is 7.05 Å². The van der Waals surface area contributed by atoms with Gasteiger partial charge in [-0.3, -0.25) is 4.68 Å². The summed E-state index contributed by atoms with van der Waals surface area (Å²) < 4.78 is 11.7. The van der Waals surface area contributed by atoms with Crippen LogP contribution in [0.15, 0.2) is 18.5 Å². The Morgan fingerprint density at radius 3 is 2.70 bits per heavy atom. The maximum absolute atomic E-state index is 12.5. The number of aromatic nitrogens is 3. The third kappa shape index (κ3) is 6.00. The molecule has 0 aromatic carbocycles. The van der Waals surface area contributed by atoms with Crippen molar-refractivity contribution >= 4 is 17.9 Å². The monoisotopic (exact) mass is 454 g/mol. The number of ether oxygens (including phenoxy) is 2. The molecule has 3 rings (SSSR count). The number of nitrogens with zero attached hydrogens (tertiary/aromatic N) is 4. The van der Waals surface area contributed by atoms with Crippen molar-refractivity contribution in [1.82, 2.24) is 20.1 Å². The van der Waals surface area contributed by atoms with Gasteiger partial charge >= 0.3 is 12.1 Å². The van der Waals surface area contributed by atoms with Crippen LogP contribution in [0, 0.1) is 11.3 Å². The first-order valence-corrected chi connectivity index (χ1v) is 11.2. The summed E-state index contributed by atoms with van der Waals surface area (Å²) >= 11 is 0. The van der Waals surface area contributed by atoms with Gasteiger partial charge in [-0.05, 0) is 25.3 Å². The Labute approximate surface area is 193 Å². The Kier molecular flexibility index (Phi) is 8.24. The molecule has 2 aromatic rings. The number of hydrogen-bond acceptors (Lipinski definition) is 8. The number of amides is 1. The molecule has 1 aliphatic rings. The van der Waals surface area contributed by atoms with Crippen LogP contribution in [0.5, 0.6) is 0 Å². The second-order valence-corrected chi connectivity index (χ2v) is 8.06. The smallest absolute Gasteiger partial charge is 0.407 e. The Bertz CT molecular complexity index is 1030. The third-order valence-electron chi connectivity index (χ3n) is 5.64. The molecule has 1 saturated carbocycles. The number of nitrogens with one attached hydrogen (secondary N) is 2. The molecular weight excluding hydrogens is 424 g/mol. The van der Waals surface area contributed by atoms with Crippen LogP contribution in [0.1, 0.15) is 61.4 Å². The molecule has 10 heteroatoms. The fraction of sp³-hybridized carbons (Fsp3) is 0.522. The van der Waals surface area contributed by atoms with Gasteiger partial charge < -0.3 is 20.1 Å². The van der Waals surface area contributed by atoms with Gasteiger partial charge in [0.15, 0.2) is 0 Å². The first-order valence-electron chi connectivity index (χ1n) is 11.2. The second-order valence-electron chi connectivity index (χ2n) is 8.06. The van der Waals surface area contributed by atoms with E-state index >= 15 is 0 Å². The van der Waals surface area contributed by atoms with E-state index in [-0.39, 0.29) is 23.2 Å². The highest BCUT2D eigenvalue weighted by Crippen LogP contribution is 2.29. The molecule has 2 heterocycles. The van der Waals surface area contributed by atoms with Gasteiger partial charge in [0, 0.05) is 24.8 Å². The van der Waals surface area contributed by atoms with Crippen molar-refractivity contribution in [2.45, 2.75) is 57.5 Å². The first kappa shape index (κ1) is 24.0. The van der Waals surface area contributed by atoms with Crippen molar-refractivity contribution in [3.63, 3.8) is 0 Å². The molecule has 1 amide bonds. The SMILES string of the molecule is CCCCOC(=O)N[C@H]1CCCC[C@H]1Nc1cc(C#N)c(C(=O)OC)c(-c2cnn(C)c2)n1. The van der Waals surface area contributed by atoms with E-state index in [9.17, 15) is 14.9 Å². The highest BCUT2D eigenvalue weighted by atomic mass is 16.5. The number of pyridine rings is 1. The van der Waals surface area contributed by atoms with E-state index in [0.29, 0.717) is 23.7 Å². The highest BCUT2D eigenvalue weighted by molar-refractivity contribution is 5.99. The molecule has 0 saturated heterocycles. The molecule has 33 heavy (non-hydrogen) atoms. The number of unbranched alkanes of at least 4 members (excludes halogenated alkanes) is 1. The largest absolute Gasteiger partial charge is 0.465 e. The van der Waals surface area contributed by atoms with E-state index in [4.69, 9.17) is 9.47 Å². The van der Waals surface area contributed by atoms with Gasteiger partial charge in [-0.2, -0.15) is 10.4 Å². The molecule has 0 spiro atoms. The molecule has 0 aliphatic heterocycles. The van der Waals surface area contributed by atoms with Gasteiger partial charge in [0.25, 0.3) is 0 Å². The average Bonchev–Trinajstić information content (AvgIpc) is 3.25.